The first-order valence-corrected chi connectivity index (χ1v) is 7.21. The highest BCUT2D eigenvalue weighted by Gasteiger charge is 2.17. The minimum absolute atomic E-state index is 0.114. The largest absolute Gasteiger partial charge is 0.378 e. The van der Waals surface area contributed by atoms with Crippen molar-refractivity contribution in [2.24, 2.45) is 0 Å². The van der Waals surface area contributed by atoms with Gasteiger partial charge in [0.15, 0.2) is 0 Å². The molecule has 0 saturated carbocycles. The van der Waals surface area contributed by atoms with E-state index < -0.39 is 4.92 Å². The Labute approximate surface area is 124 Å². The summed E-state index contributed by atoms with van der Waals surface area (Å²) in [7, 11) is 0. The van der Waals surface area contributed by atoms with E-state index in [9.17, 15) is 14.9 Å². The van der Waals surface area contributed by atoms with E-state index >= 15 is 0 Å². The van der Waals surface area contributed by atoms with Crippen molar-refractivity contribution in [3.8, 4) is 0 Å². The summed E-state index contributed by atoms with van der Waals surface area (Å²) < 4.78 is 5.82. The molecule has 1 aromatic carbocycles. The van der Waals surface area contributed by atoms with Crippen molar-refractivity contribution >= 4 is 27.5 Å². The average molecular weight is 343 g/mol. The number of carbonyl (C=O) groups excluding carboxylic acids is 1. The summed E-state index contributed by atoms with van der Waals surface area (Å²) in [5, 5.41) is 13.6. The van der Waals surface area contributed by atoms with Crippen LogP contribution in [0.3, 0.4) is 0 Å². The van der Waals surface area contributed by atoms with E-state index in [1.54, 1.807) is 6.07 Å². The standard InChI is InChI=1S/C13H15BrN2O4/c14-11-4-3-9(8-12(11)16(18)19)13(17)15-6-5-10-2-1-7-20-10/h3-4,8,10H,1-2,5-7H2,(H,15,17). The van der Waals surface area contributed by atoms with Crippen molar-refractivity contribution in [2.75, 3.05) is 13.2 Å². The smallest absolute Gasteiger partial charge is 0.284 e. The number of hydrogen-bond acceptors (Lipinski definition) is 4. The number of carbonyl (C=O) groups is 1. The summed E-state index contributed by atoms with van der Waals surface area (Å²) in [4.78, 5) is 22.2. The molecule has 1 amide bonds. The van der Waals surface area contributed by atoms with E-state index in [0.29, 0.717) is 11.0 Å². The first kappa shape index (κ1) is 14.9. The second kappa shape index (κ2) is 6.81. The van der Waals surface area contributed by atoms with Crippen molar-refractivity contribution in [1.29, 1.82) is 0 Å². The van der Waals surface area contributed by atoms with Crippen LogP contribution in [0, 0.1) is 10.1 Å². The van der Waals surface area contributed by atoms with E-state index in [0.717, 1.165) is 25.9 Å². The average Bonchev–Trinajstić information content (AvgIpc) is 2.92. The molecular formula is C13H15BrN2O4. The fourth-order valence-electron chi connectivity index (χ4n) is 2.11. The van der Waals surface area contributed by atoms with Crippen LogP contribution in [-0.2, 0) is 4.74 Å². The Morgan fingerprint density at radius 2 is 2.35 bits per heavy atom. The molecule has 0 spiro atoms. The van der Waals surface area contributed by atoms with Gasteiger partial charge in [-0.25, -0.2) is 0 Å². The number of nitro groups is 1. The van der Waals surface area contributed by atoms with Crippen LogP contribution in [-0.4, -0.2) is 30.1 Å². The van der Waals surface area contributed by atoms with Crippen LogP contribution < -0.4 is 5.32 Å². The molecule has 1 heterocycles. The van der Waals surface area contributed by atoms with Gasteiger partial charge < -0.3 is 10.1 Å². The zero-order valence-corrected chi connectivity index (χ0v) is 12.4. The Hall–Kier alpha value is -1.47. The molecule has 1 aliphatic rings. The van der Waals surface area contributed by atoms with Crippen molar-refractivity contribution in [3.63, 3.8) is 0 Å². The Bertz CT molecular complexity index is 515. The van der Waals surface area contributed by atoms with Gasteiger partial charge in [-0.1, -0.05) is 0 Å². The summed E-state index contributed by atoms with van der Waals surface area (Å²) >= 11 is 3.09. The van der Waals surface area contributed by atoms with Crippen molar-refractivity contribution < 1.29 is 14.5 Å². The summed E-state index contributed by atoms with van der Waals surface area (Å²) in [5.41, 5.74) is 0.170. The molecule has 20 heavy (non-hydrogen) atoms. The van der Waals surface area contributed by atoms with E-state index in [1.807, 2.05) is 0 Å². The molecule has 7 heteroatoms. The molecule has 0 aliphatic carbocycles. The second-order valence-corrected chi connectivity index (χ2v) is 5.46. The SMILES string of the molecule is O=C(NCCC1CCCO1)c1ccc(Br)c([N+](=O)[O-])c1. The molecule has 0 bridgehead atoms. The normalized spacial score (nSPS) is 17.9. The van der Waals surface area contributed by atoms with Gasteiger partial charge in [0.1, 0.15) is 0 Å². The summed E-state index contributed by atoms with van der Waals surface area (Å²) in [5.74, 6) is -0.307. The van der Waals surface area contributed by atoms with Gasteiger partial charge in [-0.2, -0.15) is 0 Å². The fraction of sp³-hybridized carbons (Fsp3) is 0.462. The van der Waals surface area contributed by atoms with Crippen LogP contribution in [0.4, 0.5) is 5.69 Å². The molecule has 2 rings (SSSR count). The Balaban J connectivity index is 1.91. The molecule has 1 N–H and O–H groups in total. The first-order chi connectivity index (χ1) is 9.58. The third-order valence-corrected chi connectivity index (χ3v) is 3.85. The predicted molar refractivity (Wildman–Crippen MR) is 76.7 cm³/mol. The number of benzene rings is 1. The highest BCUT2D eigenvalue weighted by Crippen LogP contribution is 2.25. The number of ether oxygens (including phenoxy) is 1. The van der Waals surface area contributed by atoms with Gasteiger partial charge in [0.2, 0.25) is 0 Å². The van der Waals surface area contributed by atoms with E-state index in [-0.39, 0.29) is 23.3 Å². The van der Waals surface area contributed by atoms with E-state index in [2.05, 4.69) is 21.2 Å². The molecule has 0 aromatic heterocycles. The lowest BCUT2D eigenvalue weighted by molar-refractivity contribution is -0.385. The minimum Gasteiger partial charge on any atom is -0.378 e. The number of nitrogens with one attached hydrogen (secondary N) is 1. The molecule has 1 aliphatic heterocycles. The molecule has 1 unspecified atom stereocenters. The summed E-state index contributed by atoms with van der Waals surface area (Å²) in [6, 6.07) is 4.33. The van der Waals surface area contributed by atoms with Crippen LogP contribution in [0.1, 0.15) is 29.6 Å². The molecule has 1 aromatic rings. The lowest BCUT2D eigenvalue weighted by atomic mass is 10.1. The second-order valence-electron chi connectivity index (χ2n) is 4.60. The van der Waals surface area contributed by atoms with Crippen LogP contribution in [0.2, 0.25) is 0 Å². The third-order valence-electron chi connectivity index (χ3n) is 3.18. The number of nitro benzene ring substituents is 1. The maximum atomic E-state index is 11.9. The Morgan fingerprint density at radius 1 is 1.55 bits per heavy atom. The Kier molecular flexibility index (Phi) is 5.08. The lowest BCUT2D eigenvalue weighted by Crippen LogP contribution is -2.27. The molecule has 0 radical (unpaired) electrons. The number of halogens is 1. The predicted octanol–water partition coefficient (Wildman–Crippen LogP) is 2.66. The Morgan fingerprint density at radius 3 is 3.00 bits per heavy atom. The molecular weight excluding hydrogens is 328 g/mol. The summed E-state index contributed by atoms with van der Waals surface area (Å²) in [6.07, 6.45) is 3.08. The maximum absolute atomic E-state index is 11.9. The van der Waals surface area contributed by atoms with Crippen molar-refractivity contribution in [2.45, 2.75) is 25.4 Å². The van der Waals surface area contributed by atoms with Crippen LogP contribution in [0.15, 0.2) is 22.7 Å². The van der Waals surface area contributed by atoms with Gasteiger partial charge in [0.05, 0.1) is 15.5 Å². The monoisotopic (exact) mass is 342 g/mol. The van der Waals surface area contributed by atoms with Gasteiger partial charge >= 0.3 is 0 Å². The molecule has 6 nitrogen and oxygen atoms in total. The molecule has 1 fully saturated rings. The zero-order chi connectivity index (χ0) is 14.5. The molecule has 108 valence electrons. The van der Waals surface area contributed by atoms with E-state index in [4.69, 9.17) is 4.74 Å². The maximum Gasteiger partial charge on any atom is 0.284 e. The summed E-state index contributed by atoms with van der Waals surface area (Å²) in [6.45, 7) is 1.30. The fourth-order valence-corrected chi connectivity index (χ4v) is 2.51. The van der Waals surface area contributed by atoms with Crippen LogP contribution >= 0.6 is 15.9 Å². The number of amides is 1. The lowest BCUT2D eigenvalue weighted by Gasteiger charge is -2.10. The van der Waals surface area contributed by atoms with Gasteiger partial charge in [-0.3, -0.25) is 14.9 Å². The number of rotatable bonds is 5. The van der Waals surface area contributed by atoms with Gasteiger partial charge in [-0.05, 0) is 47.3 Å². The van der Waals surface area contributed by atoms with E-state index in [1.165, 1.54) is 12.1 Å². The van der Waals surface area contributed by atoms with Crippen LogP contribution in [0.25, 0.3) is 0 Å². The van der Waals surface area contributed by atoms with Crippen LogP contribution in [0.5, 0.6) is 0 Å². The van der Waals surface area contributed by atoms with Gasteiger partial charge in [-0.15, -0.1) is 0 Å². The topological polar surface area (TPSA) is 81.5 Å². The van der Waals surface area contributed by atoms with Gasteiger partial charge in [0, 0.05) is 24.8 Å². The highest BCUT2D eigenvalue weighted by molar-refractivity contribution is 9.10. The van der Waals surface area contributed by atoms with Crippen molar-refractivity contribution in [3.05, 3.63) is 38.3 Å². The van der Waals surface area contributed by atoms with Gasteiger partial charge in [0.25, 0.3) is 11.6 Å². The minimum atomic E-state index is -0.521. The van der Waals surface area contributed by atoms with Crippen molar-refractivity contribution in [1.82, 2.24) is 5.32 Å². The highest BCUT2D eigenvalue weighted by atomic mass is 79.9. The quantitative estimate of drug-likeness (QED) is 0.658. The number of hydrogen-bond donors (Lipinski definition) is 1. The zero-order valence-electron chi connectivity index (χ0n) is 10.8. The first-order valence-electron chi connectivity index (χ1n) is 6.41. The molecule has 1 atom stereocenters. The molecule has 1 saturated heterocycles. The number of nitrogens with zero attached hydrogens (tertiary/aromatic N) is 1. The third kappa shape index (κ3) is 3.77.